The topological polar surface area (TPSA) is 72.8 Å². The average molecular weight is 273 g/mol. The van der Waals surface area contributed by atoms with E-state index in [2.05, 4.69) is 4.74 Å². The molecular weight excluding hydrogens is 260 g/mol. The van der Waals surface area contributed by atoms with Crippen LogP contribution < -0.4 is 4.74 Å². The molecule has 0 aliphatic carbocycles. The van der Waals surface area contributed by atoms with Crippen LogP contribution in [0.1, 0.15) is 23.2 Å². The summed E-state index contributed by atoms with van der Waals surface area (Å²) in [5, 5.41) is 9.29. The van der Waals surface area contributed by atoms with Crippen LogP contribution in [0.5, 0.6) is 5.75 Å². The van der Waals surface area contributed by atoms with Crippen LogP contribution in [-0.2, 0) is 9.53 Å². The molecule has 98 valence electrons. The molecule has 0 saturated carbocycles. The number of halogens is 1. The first-order chi connectivity index (χ1) is 8.54. The molecule has 0 unspecified atom stereocenters. The summed E-state index contributed by atoms with van der Waals surface area (Å²) in [5.74, 6) is -1.20. The van der Waals surface area contributed by atoms with Crippen molar-refractivity contribution in [2.75, 3.05) is 13.7 Å². The lowest BCUT2D eigenvalue weighted by Crippen LogP contribution is -2.07. The quantitative estimate of drug-likeness (QED) is 0.636. The number of hydrogen-bond acceptors (Lipinski definition) is 4. The molecule has 5 nitrogen and oxygen atoms in total. The van der Waals surface area contributed by atoms with Gasteiger partial charge >= 0.3 is 11.9 Å². The van der Waals surface area contributed by atoms with Gasteiger partial charge in [0.25, 0.3) is 0 Å². The number of benzene rings is 1. The van der Waals surface area contributed by atoms with Gasteiger partial charge in [0.15, 0.2) is 0 Å². The van der Waals surface area contributed by atoms with Crippen molar-refractivity contribution < 1.29 is 24.2 Å². The first-order valence-corrected chi connectivity index (χ1v) is 5.65. The lowest BCUT2D eigenvalue weighted by Gasteiger charge is -2.08. The maximum Gasteiger partial charge on any atom is 0.339 e. The van der Waals surface area contributed by atoms with E-state index in [1.54, 1.807) is 6.07 Å². The van der Waals surface area contributed by atoms with Crippen molar-refractivity contribution in [2.24, 2.45) is 0 Å². The number of aromatic carboxylic acids is 1. The fraction of sp³-hybridized carbons (Fsp3) is 0.333. The zero-order chi connectivity index (χ0) is 13.5. The van der Waals surface area contributed by atoms with Gasteiger partial charge in [-0.3, -0.25) is 4.79 Å². The van der Waals surface area contributed by atoms with Crippen molar-refractivity contribution in [2.45, 2.75) is 12.8 Å². The van der Waals surface area contributed by atoms with Gasteiger partial charge in [-0.2, -0.15) is 0 Å². The number of methoxy groups -OCH3 is 1. The third-order valence-electron chi connectivity index (χ3n) is 2.18. The maximum atomic E-state index is 10.9. The van der Waals surface area contributed by atoms with Crippen molar-refractivity contribution in [1.29, 1.82) is 0 Å². The van der Waals surface area contributed by atoms with Crippen molar-refractivity contribution in [3.05, 3.63) is 28.8 Å². The molecule has 0 aliphatic rings. The van der Waals surface area contributed by atoms with Gasteiger partial charge in [-0.25, -0.2) is 4.79 Å². The molecule has 1 aromatic carbocycles. The summed E-state index contributed by atoms with van der Waals surface area (Å²) in [5.41, 5.74) is 0.000526. The van der Waals surface area contributed by atoms with Crippen LogP contribution in [0.4, 0.5) is 0 Å². The molecule has 0 heterocycles. The number of carboxylic acids is 1. The highest BCUT2D eigenvalue weighted by molar-refractivity contribution is 6.31. The monoisotopic (exact) mass is 272 g/mol. The Morgan fingerprint density at radius 2 is 2.11 bits per heavy atom. The molecule has 1 rings (SSSR count). The van der Waals surface area contributed by atoms with Crippen LogP contribution in [0.2, 0.25) is 5.02 Å². The zero-order valence-electron chi connectivity index (χ0n) is 9.81. The second kappa shape index (κ2) is 6.86. The Labute approximate surface area is 109 Å². The number of carbonyl (C=O) groups is 2. The number of hydrogen-bond donors (Lipinski definition) is 1. The zero-order valence-corrected chi connectivity index (χ0v) is 10.6. The van der Waals surface area contributed by atoms with Gasteiger partial charge in [-0.1, -0.05) is 11.6 Å². The third kappa shape index (κ3) is 4.25. The van der Waals surface area contributed by atoms with E-state index in [-0.39, 0.29) is 30.3 Å². The van der Waals surface area contributed by atoms with E-state index in [0.29, 0.717) is 11.4 Å². The minimum atomic E-state index is -1.11. The van der Waals surface area contributed by atoms with Gasteiger partial charge in [0.2, 0.25) is 0 Å². The summed E-state index contributed by atoms with van der Waals surface area (Å²) in [6.45, 7) is 0.233. The smallest absolute Gasteiger partial charge is 0.339 e. The van der Waals surface area contributed by atoms with Crippen molar-refractivity contribution in [3.8, 4) is 5.75 Å². The van der Waals surface area contributed by atoms with Crippen molar-refractivity contribution in [3.63, 3.8) is 0 Å². The standard InChI is InChI=1S/C12H13ClO5/c1-17-11(14)3-2-6-18-10-5-4-8(13)7-9(10)12(15)16/h4-5,7H,2-3,6H2,1H3,(H,15,16). The molecule has 6 heteroatoms. The molecule has 0 fully saturated rings. The first-order valence-electron chi connectivity index (χ1n) is 5.27. The fourth-order valence-corrected chi connectivity index (χ4v) is 1.47. The van der Waals surface area contributed by atoms with E-state index in [4.69, 9.17) is 21.4 Å². The normalized spacial score (nSPS) is 9.89. The summed E-state index contributed by atoms with van der Waals surface area (Å²) < 4.78 is 9.78. The summed E-state index contributed by atoms with van der Waals surface area (Å²) in [7, 11) is 1.31. The van der Waals surface area contributed by atoms with Crippen LogP contribution in [0.25, 0.3) is 0 Å². The number of ether oxygens (including phenoxy) is 2. The van der Waals surface area contributed by atoms with Crippen molar-refractivity contribution in [1.82, 2.24) is 0 Å². The Kier molecular flexibility index (Phi) is 5.45. The molecule has 0 atom stereocenters. The molecule has 0 spiro atoms. The van der Waals surface area contributed by atoms with E-state index in [1.165, 1.54) is 19.2 Å². The molecule has 0 aromatic heterocycles. The van der Waals surface area contributed by atoms with Crippen LogP contribution in [0.3, 0.4) is 0 Å². The Bertz CT molecular complexity index is 444. The highest BCUT2D eigenvalue weighted by atomic mass is 35.5. The van der Waals surface area contributed by atoms with Crippen LogP contribution in [0.15, 0.2) is 18.2 Å². The van der Waals surface area contributed by atoms with E-state index in [0.717, 1.165) is 0 Å². The average Bonchev–Trinajstić information content (AvgIpc) is 2.35. The largest absolute Gasteiger partial charge is 0.493 e. The van der Waals surface area contributed by atoms with Crippen molar-refractivity contribution >= 4 is 23.5 Å². The van der Waals surface area contributed by atoms with Crippen LogP contribution >= 0.6 is 11.6 Å². The lowest BCUT2D eigenvalue weighted by atomic mass is 10.2. The first kappa shape index (κ1) is 14.3. The maximum absolute atomic E-state index is 10.9. The number of rotatable bonds is 6. The molecule has 0 amide bonds. The Morgan fingerprint density at radius 3 is 2.72 bits per heavy atom. The molecular formula is C12H13ClO5. The highest BCUT2D eigenvalue weighted by Gasteiger charge is 2.12. The predicted octanol–water partition coefficient (Wildman–Crippen LogP) is 2.37. The molecule has 1 aromatic rings. The minimum absolute atomic E-state index is 0.000526. The molecule has 0 saturated heterocycles. The SMILES string of the molecule is COC(=O)CCCOc1ccc(Cl)cc1C(=O)O. The van der Waals surface area contributed by atoms with Gasteiger partial charge in [0.1, 0.15) is 11.3 Å². The van der Waals surface area contributed by atoms with E-state index in [1.807, 2.05) is 0 Å². The number of carboxylic acid groups (broad SMARTS) is 1. The van der Waals surface area contributed by atoms with E-state index in [9.17, 15) is 9.59 Å². The van der Waals surface area contributed by atoms with Crippen LogP contribution in [-0.4, -0.2) is 30.8 Å². The van der Waals surface area contributed by atoms with Gasteiger partial charge in [0.05, 0.1) is 13.7 Å². The Hall–Kier alpha value is -1.75. The van der Waals surface area contributed by atoms with Crippen LogP contribution in [0, 0.1) is 0 Å². The second-order valence-corrected chi connectivity index (χ2v) is 3.91. The Morgan fingerprint density at radius 1 is 1.39 bits per heavy atom. The van der Waals surface area contributed by atoms with Gasteiger partial charge in [-0.15, -0.1) is 0 Å². The predicted molar refractivity (Wildman–Crippen MR) is 65.2 cm³/mol. The summed E-state index contributed by atoms with van der Waals surface area (Å²) in [6.07, 6.45) is 0.681. The minimum Gasteiger partial charge on any atom is -0.493 e. The van der Waals surface area contributed by atoms with E-state index >= 15 is 0 Å². The summed E-state index contributed by atoms with van der Waals surface area (Å²) in [4.78, 5) is 21.8. The fourth-order valence-electron chi connectivity index (χ4n) is 1.30. The molecule has 1 N–H and O–H groups in total. The van der Waals surface area contributed by atoms with E-state index < -0.39 is 5.97 Å². The molecule has 18 heavy (non-hydrogen) atoms. The second-order valence-electron chi connectivity index (χ2n) is 3.47. The van der Waals surface area contributed by atoms with Gasteiger partial charge in [-0.05, 0) is 24.6 Å². The van der Waals surface area contributed by atoms with Gasteiger partial charge in [0, 0.05) is 11.4 Å². The number of esters is 1. The third-order valence-corrected chi connectivity index (χ3v) is 2.42. The summed E-state index contributed by atoms with van der Waals surface area (Å²) in [6, 6.07) is 4.35. The summed E-state index contributed by atoms with van der Waals surface area (Å²) >= 11 is 5.70. The lowest BCUT2D eigenvalue weighted by molar-refractivity contribution is -0.140. The Balaban J connectivity index is 2.56. The molecule has 0 bridgehead atoms. The highest BCUT2D eigenvalue weighted by Crippen LogP contribution is 2.23. The molecule has 0 radical (unpaired) electrons. The molecule has 0 aliphatic heterocycles. The number of carbonyl (C=O) groups excluding carboxylic acids is 1. The van der Waals surface area contributed by atoms with Gasteiger partial charge < -0.3 is 14.6 Å².